The third kappa shape index (κ3) is 4.16. The van der Waals surface area contributed by atoms with Gasteiger partial charge in [-0.1, -0.05) is 13.8 Å². The van der Waals surface area contributed by atoms with Gasteiger partial charge in [0.05, 0.1) is 11.8 Å². The summed E-state index contributed by atoms with van der Waals surface area (Å²) in [5.74, 6) is 1.38. The molecule has 0 aliphatic carbocycles. The van der Waals surface area contributed by atoms with Crippen LogP contribution in [0.3, 0.4) is 0 Å². The Morgan fingerprint density at radius 1 is 1.32 bits per heavy atom. The van der Waals surface area contributed by atoms with E-state index < -0.39 is 0 Å². The fourth-order valence-electron chi connectivity index (χ4n) is 2.33. The zero-order valence-electron chi connectivity index (χ0n) is 12.3. The second-order valence-corrected chi connectivity index (χ2v) is 5.67. The number of hydrogen-bond donors (Lipinski definition) is 0. The zero-order valence-corrected chi connectivity index (χ0v) is 12.3. The van der Waals surface area contributed by atoms with Gasteiger partial charge in [0.15, 0.2) is 5.82 Å². The molecular weight excluding hydrogens is 238 g/mol. The van der Waals surface area contributed by atoms with Crippen LogP contribution in [0.4, 0.5) is 5.82 Å². The first-order chi connectivity index (χ1) is 9.16. The molecule has 1 aromatic heterocycles. The molecule has 1 aliphatic heterocycles. The Morgan fingerprint density at radius 3 is 2.74 bits per heavy atom. The largest absolute Gasteiger partial charge is 0.378 e. The summed E-state index contributed by atoms with van der Waals surface area (Å²) in [7, 11) is 2.07. The van der Waals surface area contributed by atoms with Crippen LogP contribution < -0.4 is 4.90 Å². The molecule has 106 valence electrons. The van der Waals surface area contributed by atoms with Crippen molar-refractivity contribution < 1.29 is 4.74 Å². The van der Waals surface area contributed by atoms with Crippen LogP contribution in [-0.4, -0.2) is 36.5 Å². The first-order valence-electron chi connectivity index (χ1n) is 7.33. The van der Waals surface area contributed by atoms with E-state index in [0.29, 0.717) is 12.0 Å². The number of nitrogens with zero attached hydrogens (tertiary/aromatic N) is 3. The van der Waals surface area contributed by atoms with E-state index >= 15 is 0 Å². The van der Waals surface area contributed by atoms with Crippen molar-refractivity contribution in [3.05, 3.63) is 17.8 Å². The topological polar surface area (TPSA) is 38.2 Å². The lowest BCUT2D eigenvalue weighted by atomic mass is 10.1. The molecule has 1 aliphatic rings. The maximum Gasteiger partial charge on any atom is 0.150 e. The van der Waals surface area contributed by atoms with Crippen LogP contribution in [-0.2, 0) is 4.74 Å². The van der Waals surface area contributed by atoms with Gasteiger partial charge in [-0.3, -0.25) is 0 Å². The Labute approximate surface area is 116 Å². The van der Waals surface area contributed by atoms with Gasteiger partial charge in [-0.05, 0) is 43.7 Å². The van der Waals surface area contributed by atoms with Gasteiger partial charge < -0.3 is 9.64 Å². The molecule has 1 atom stereocenters. The van der Waals surface area contributed by atoms with Crippen molar-refractivity contribution in [1.82, 2.24) is 10.2 Å². The lowest BCUT2D eigenvalue weighted by molar-refractivity contribution is 0.0126. The Kier molecular flexibility index (Phi) is 5.14. The molecule has 0 amide bonds. The summed E-state index contributed by atoms with van der Waals surface area (Å²) < 4.78 is 5.75. The van der Waals surface area contributed by atoms with Gasteiger partial charge in [-0.25, -0.2) is 0 Å². The molecular formula is C15H25N3O. The van der Waals surface area contributed by atoms with Gasteiger partial charge >= 0.3 is 0 Å². The summed E-state index contributed by atoms with van der Waals surface area (Å²) >= 11 is 0. The molecule has 2 rings (SSSR count). The molecule has 1 unspecified atom stereocenters. The van der Waals surface area contributed by atoms with Gasteiger partial charge in [0.2, 0.25) is 0 Å². The van der Waals surface area contributed by atoms with Crippen LogP contribution in [0.5, 0.6) is 0 Å². The first kappa shape index (κ1) is 14.3. The summed E-state index contributed by atoms with van der Waals surface area (Å²) in [6, 6.07) is 4.13. The molecule has 0 bridgehead atoms. The number of rotatable bonds is 5. The van der Waals surface area contributed by atoms with Crippen LogP contribution in [0.2, 0.25) is 0 Å². The summed E-state index contributed by atoms with van der Waals surface area (Å²) in [6.45, 7) is 6.17. The monoisotopic (exact) mass is 263 g/mol. The summed E-state index contributed by atoms with van der Waals surface area (Å²) in [5.41, 5.74) is 1.05. The van der Waals surface area contributed by atoms with Gasteiger partial charge in [0.1, 0.15) is 0 Å². The van der Waals surface area contributed by atoms with Crippen LogP contribution in [0, 0.1) is 0 Å². The average molecular weight is 263 g/mol. The fourth-order valence-corrected chi connectivity index (χ4v) is 2.33. The van der Waals surface area contributed by atoms with E-state index in [9.17, 15) is 0 Å². The molecule has 1 saturated heterocycles. The highest BCUT2D eigenvalue weighted by atomic mass is 16.5. The smallest absolute Gasteiger partial charge is 0.150 e. The first-order valence-corrected chi connectivity index (χ1v) is 7.33. The average Bonchev–Trinajstić information content (AvgIpc) is 2.46. The molecule has 0 radical (unpaired) electrons. The summed E-state index contributed by atoms with van der Waals surface area (Å²) in [5, 5.41) is 8.57. The predicted octanol–water partition coefficient (Wildman–Crippen LogP) is 3.00. The number of aromatic nitrogens is 2. The van der Waals surface area contributed by atoms with Crippen molar-refractivity contribution in [3.8, 4) is 0 Å². The van der Waals surface area contributed by atoms with Crippen LogP contribution >= 0.6 is 0 Å². The molecule has 0 spiro atoms. The van der Waals surface area contributed by atoms with Crippen LogP contribution in [0.15, 0.2) is 12.1 Å². The lowest BCUT2D eigenvalue weighted by Gasteiger charge is -2.25. The molecule has 4 heteroatoms. The standard InChI is InChI=1S/C15H25N3O/c1-12(2)14-7-8-15(17-16-14)18(3)10-9-13-6-4-5-11-19-13/h7-8,12-13H,4-6,9-11H2,1-3H3. The third-order valence-corrected chi connectivity index (χ3v) is 3.71. The number of hydrogen-bond acceptors (Lipinski definition) is 4. The quantitative estimate of drug-likeness (QED) is 0.818. The molecule has 2 heterocycles. The SMILES string of the molecule is CC(C)c1ccc(N(C)CCC2CCCCO2)nn1. The molecule has 0 N–H and O–H groups in total. The van der Waals surface area contributed by atoms with Crippen molar-refractivity contribution in [2.45, 2.75) is 51.6 Å². The van der Waals surface area contributed by atoms with E-state index in [-0.39, 0.29) is 0 Å². The third-order valence-electron chi connectivity index (χ3n) is 3.71. The van der Waals surface area contributed by atoms with Crippen molar-refractivity contribution in [2.75, 3.05) is 25.1 Å². The Morgan fingerprint density at radius 2 is 2.16 bits per heavy atom. The minimum Gasteiger partial charge on any atom is -0.378 e. The van der Waals surface area contributed by atoms with Crippen molar-refractivity contribution in [2.24, 2.45) is 0 Å². The summed E-state index contributed by atoms with van der Waals surface area (Å²) in [4.78, 5) is 2.16. The Bertz CT molecular complexity index is 371. The molecule has 1 fully saturated rings. The highest BCUT2D eigenvalue weighted by molar-refractivity contribution is 5.36. The van der Waals surface area contributed by atoms with Crippen molar-refractivity contribution in [1.29, 1.82) is 0 Å². The van der Waals surface area contributed by atoms with Crippen LogP contribution in [0.25, 0.3) is 0 Å². The van der Waals surface area contributed by atoms with E-state index in [1.54, 1.807) is 0 Å². The molecule has 19 heavy (non-hydrogen) atoms. The molecule has 0 aromatic carbocycles. The second kappa shape index (κ2) is 6.85. The van der Waals surface area contributed by atoms with Gasteiger partial charge in [0, 0.05) is 20.2 Å². The number of anilines is 1. The van der Waals surface area contributed by atoms with Gasteiger partial charge in [-0.2, -0.15) is 5.10 Å². The van der Waals surface area contributed by atoms with Crippen molar-refractivity contribution >= 4 is 5.82 Å². The van der Waals surface area contributed by atoms with Crippen LogP contribution in [0.1, 0.15) is 51.1 Å². The van der Waals surface area contributed by atoms with Gasteiger partial charge in [0.25, 0.3) is 0 Å². The Balaban J connectivity index is 1.83. The Hall–Kier alpha value is -1.16. The van der Waals surface area contributed by atoms with Gasteiger partial charge in [-0.15, -0.1) is 5.10 Å². The number of ether oxygens (including phenoxy) is 1. The maximum atomic E-state index is 5.75. The van der Waals surface area contributed by atoms with E-state index in [1.165, 1.54) is 19.3 Å². The minimum atomic E-state index is 0.430. The van der Waals surface area contributed by atoms with Crippen molar-refractivity contribution in [3.63, 3.8) is 0 Å². The minimum absolute atomic E-state index is 0.430. The fraction of sp³-hybridized carbons (Fsp3) is 0.733. The molecule has 4 nitrogen and oxygen atoms in total. The highest BCUT2D eigenvalue weighted by Gasteiger charge is 2.15. The predicted molar refractivity (Wildman–Crippen MR) is 77.6 cm³/mol. The van der Waals surface area contributed by atoms with E-state index in [1.807, 2.05) is 0 Å². The normalized spacial score (nSPS) is 19.7. The molecule has 1 aromatic rings. The maximum absolute atomic E-state index is 5.75. The zero-order chi connectivity index (χ0) is 13.7. The van der Waals surface area contributed by atoms with E-state index in [2.05, 4.69) is 48.1 Å². The molecule has 0 saturated carbocycles. The lowest BCUT2D eigenvalue weighted by Crippen LogP contribution is -2.27. The second-order valence-electron chi connectivity index (χ2n) is 5.67. The summed E-state index contributed by atoms with van der Waals surface area (Å²) in [6.07, 6.45) is 5.22. The van der Waals surface area contributed by atoms with E-state index in [4.69, 9.17) is 4.74 Å². The van der Waals surface area contributed by atoms with E-state index in [0.717, 1.165) is 31.1 Å². The highest BCUT2D eigenvalue weighted by Crippen LogP contribution is 2.18.